The highest BCUT2D eigenvalue weighted by molar-refractivity contribution is 5.55. The zero-order chi connectivity index (χ0) is 11.5. The van der Waals surface area contributed by atoms with Gasteiger partial charge in [0.2, 0.25) is 5.82 Å². The predicted molar refractivity (Wildman–Crippen MR) is 55.4 cm³/mol. The first kappa shape index (κ1) is 10.6. The molecule has 16 heavy (non-hydrogen) atoms. The van der Waals surface area contributed by atoms with Gasteiger partial charge in [0, 0.05) is 12.1 Å². The second kappa shape index (κ2) is 4.30. The summed E-state index contributed by atoms with van der Waals surface area (Å²) in [6.07, 6.45) is -0.946. The van der Waals surface area contributed by atoms with Crippen molar-refractivity contribution in [1.29, 1.82) is 0 Å². The zero-order valence-electron chi connectivity index (χ0n) is 8.37. The van der Waals surface area contributed by atoms with Crippen LogP contribution in [0.2, 0.25) is 0 Å². The number of benzene rings is 1. The summed E-state index contributed by atoms with van der Waals surface area (Å²) in [4.78, 5) is 3.99. The van der Waals surface area contributed by atoms with E-state index in [0.717, 1.165) is 0 Å². The molecule has 2 aromatic rings. The minimum absolute atomic E-state index is 0.0250. The third-order valence-electron chi connectivity index (χ3n) is 2.08. The molecule has 0 amide bonds. The zero-order valence-corrected chi connectivity index (χ0v) is 8.37. The quantitative estimate of drug-likeness (QED) is 0.694. The van der Waals surface area contributed by atoms with Gasteiger partial charge >= 0.3 is 0 Å². The van der Waals surface area contributed by atoms with Crippen LogP contribution in [0.3, 0.4) is 0 Å². The number of nitrogens with two attached hydrogens (primary N) is 1. The number of aliphatic hydroxyl groups is 1. The molecule has 0 fully saturated rings. The van der Waals surface area contributed by atoms with Gasteiger partial charge in [0.1, 0.15) is 11.9 Å². The number of phenols is 1. The lowest BCUT2D eigenvalue weighted by Crippen LogP contribution is -2.11. The maximum absolute atomic E-state index is 9.37. The fourth-order valence-corrected chi connectivity index (χ4v) is 1.20. The van der Waals surface area contributed by atoms with Gasteiger partial charge < -0.3 is 20.5 Å². The first-order valence-corrected chi connectivity index (χ1v) is 4.72. The fraction of sp³-hybridized carbons (Fsp3) is 0.200. The molecule has 0 bridgehead atoms. The van der Waals surface area contributed by atoms with E-state index in [4.69, 9.17) is 15.4 Å². The van der Waals surface area contributed by atoms with E-state index in [1.807, 2.05) is 0 Å². The molecule has 0 aliphatic heterocycles. The van der Waals surface area contributed by atoms with Gasteiger partial charge in [0.15, 0.2) is 0 Å². The van der Waals surface area contributed by atoms with Crippen molar-refractivity contribution in [2.24, 2.45) is 5.73 Å². The number of nitrogens with zero attached hydrogens (tertiary/aromatic N) is 2. The second-order valence-electron chi connectivity index (χ2n) is 3.25. The van der Waals surface area contributed by atoms with Gasteiger partial charge in [0.05, 0.1) is 0 Å². The average Bonchev–Trinajstić information content (AvgIpc) is 2.78. The van der Waals surface area contributed by atoms with E-state index in [9.17, 15) is 5.11 Å². The van der Waals surface area contributed by atoms with Gasteiger partial charge in [-0.05, 0) is 24.3 Å². The Morgan fingerprint density at radius 1 is 1.31 bits per heavy atom. The van der Waals surface area contributed by atoms with Crippen LogP contribution in [0.25, 0.3) is 11.4 Å². The van der Waals surface area contributed by atoms with Crippen molar-refractivity contribution in [3.63, 3.8) is 0 Å². The third kappa shape index (κ3) is 2.02. The fourth-order valence-electron chi connectivity index (χ4n) is 1.20. The van der Waals surface area contributed by atoms with Crippen LogP contribution in [-0.4, -0.2) is 26.9 Å². The Morgan fingerprint density at radius 2 is 2.00 bits per heavy atom. The largest absolute Gasteiger partial charge is 0.508 e. The molecular weight excluding hydrogens is 210 g/mol. The normalized spacial score (nSPS) is 12.6. The maximum atomic E-state index is 9.37. The molecule has 4 N–H and O–H groups in total. The van der Waals surface area contributed by atoms with E-state index in [1.165, 1.54) is 12.1 Å². The lowest BCUT2D eigenvalue weighted by Gasteiger charge is -1.98. The molecule has 84 valence electrons. The highest BCUT2D eigenvalue weighted by Crippen LogP contribution is 2.20. The lowest BCUT2D eigenvalue weighted by atomic mass is 10.2. The van der Waals surface area contributed by atoms with E-state index < -0.39 is 6.10 Å². The molecule has 0 radical (unpaired) electrons. The molecule has 1 atom stereocenters. The van der Waals surface area contributed by atoms with Crippen LogP contribution in [0.4, 0.5) is 0 Å². The van der Waals surface area contributed by atoms with Gasteiger partial charge in [-0.1, -0.05) is 5.16 Å². The number of aromatic nitrogens is 2. The van der Waals surface area contributed by atoms with Crippen molar-refractivity contribution in [3.8, 4) is 17.1 Å². The minimum Gasteiger partial charge on any atom is -0.508 e. The summed E-state index contributed by atoms with van der Waals surface area (Å²) >= 11 is 0. The highest BCUT2D eigenvalue weighted by atomic mass is 16.5. The molecule has 0 saturated heterocycles. The number of aromatic hydroxyl groups is 1. The van der Waals surface area contributed by atoms with Gasteiger partial charge in [-0.25, -0.2) is 0 Å². The van der Waals surface area contributed by atoms with Crippen LogP contribution < -0.4 is 5.73 Å². The monoisotopic (exact) mass is 221 g/mol. The Bertz CT molecular complexity index is 466. The molecule has 0 saturated carbocycles. The minimum atomic E-state index is -0.946. The maximum Gasteiger partial charge on any atom is 0.257 e. The van der Waals surface area contributed by atoms with E-state index in [2.05, 4.69) is 10.1 Å². The summed E-state index contributed by atoms with van der Waals surface area (Å²) in [6.45, 7) is 0.0250. The second-order valence-corrected chi connectivity index (χ2v) is 3.25. The Kier molecular flexibility index (Phi) is 2.84. The third-order valence-corrected chi connectivity index (χ3v) is 2.08. The molecule has 0 aliphatic carbocycles. The standard InChI is InChI=1S/C10H11N3O3/c11-5-8(15)10-12-9(13-16-10)6-1-3-7(14)4-2-6/h1-4,8,14-15H,5,11H2/t8-/m0/s1. The van der Waals surface area contributed by atoms with Gasteiger partial charge in [-0.15, -0.1) is 0 Å². The number of rotatable bonds is 3. The summed E-state index contributed by atoms with van der Waals surface area (Å²) in [6, 6.07) is 6.34. The lowest BCUT2D eigenvalue weighted by molar-refractivity contribution is 0.141. The van der Waals surface area contributed by atoms with Crippen molar-refractivity contribution < 1.29 is 14.7 Å². The summed E-state index contributed by atoms with van der Waals surface area (Å²) < 4.78 is 4.85. The Morgan fingerprint density at radius 3 is 2.62 bits per heavy atom. The van der Waals surface area contributed by atoms with Crippen LogP contribution in [0, 0.1) is 0 Å². The topological polar surface area (TPSA) is 105 Å². The molecule has 1 heterocycles. The van der Waals surface area contributed by atoms with E-state index in [0.29, 0.717) is 11.4 Å². The van der Waals surface area contributed by atoms with Crippen LogP contribution in [0.1, 0.15) is 12.0 Å². The van der Waals surface area contributed by atoms with Crippen molar-refractivity contribution in [1.82, 2.24) is 10.1 Å². The first-order chi connectivity index (χ1) is 7.70. The smallest absolute Gasteiger partial charge is 0.257 e. The Labute approximate surface area is 91.3 Å². The van der Waals surface area contributed by atoms with Crippen molar-refractivity contribution in [3.05, 3.63) is 30.2 Å². The molecular formula is C10H11N3O3. The van der Waals surface area contributed by atoms with Gasteiger partial charge in [0.25, 0.3) is 5.89 Å². The van der Waals surface area contributed by atoms with E-state index >= 15 is 0 Å². The van der Waals surface area contributed by atoms with Crippen LogP contribution in [0.15, 0.2) is 28.8 Å². The number of phenolic OH excluding ortho intramolecular Hbond substituents is 1. The van der Waals surface area contributed by atoms with Crippen molar-refractivity contribution >= 4 is 0 Å². The molecule has 0 spiro atoms. The van der Waals surface area contributed by atoms with Gasteiger partial charge in [-0.3, -0.25) is 0 Å². The summed E-state index contributed by atoms with van der Waals surface area (Å²) in [5, 5.41) is 22.2. The van der Waals surface area contributed by atoms with Gasteiger partial charge in [-0.2, -0.15) is 4.98 Å². The van der Waals surface area contributed by atoms with E-state index in [-0.39, 0.29) is 18.2 Å². The SMILES string of the molecule is NC[C@H](O)c1nc(-c2ccc(O)cc2)no1. The van der Waals surface area contributed by atoms with Crippen LogP contribution in [0.5, 0.6) is 5.75 Å². The molecule has 6 nitrogen and oxygen atoms in total. The molecule has 1 aromatic carbocycles. The average molecular weight is 221 g/mol. The molecule has 6 heteroatoms. The van der Waals surface area contributed by atoms with Crippen LogP contribution >= 0.6 is 0 Å². The highest BCUT2D eigenvalue weighted by Gasteiger charge is 2.15. The summed E-state index contributed by atoms with van der Waals surface area (Å²) in [7, 11) is 0. The summed E-state index contributed by atoms with van der Waals surface area (Å²) in [5.41, 5.74) is 5.95. The number of aliphatic hydroxyl groups excluding tert-OH is 1. The summed E-state index contributed by atoms with van der Waals surface area (Å²) in [5.74, 6) is 0.600. The molecule has 0 unspecified atom stereocenters. The Hall–Kier alpha value is -1.92. The molecule has 1 aromatic heterocycles. The predicted octanol–water partition coefficient (Wildman–Crippen LogP) is 0.434. The van der Waals surface area contributed by atoms with Crippen molar-refractivity contribution in [2.75, 3.05) is 6.54 Å². The van der Waals surface area contributed by atoms with Crippen LogP contribution in [-0.2, 0) is 0 Å². The molecule has 0 aliphatic rings. The molecule has 2 rings (SSSR count). The van der Waals surface area contributed by atoms with E-state index in [1.54, 1.807) is 12.1 Å². The van der Waals surface area contributed by atoms with Crippen molar-refractivity contribution in [2.45, 2.75) is 6.10 Å². The number of hydrogen-bond donors (Lipinski definition) is 3. The Balaban J connectivity index is 2.28. The first-order valence-electron chi connectivity index (χ1n) is 4.72. The number of hydrogen-bond acceptors (Lipinski definition) is 6.